The van der Waals surface area contributed by atoms with E-state index >= 15 is 0 Å². The summed E-state index contributed by atoms with van der Waals surface area (Å²) in [7, 11) is 3.95. The number of nitrogens with zero attached hydrogens (tertiary/aromatic N) is 3. The molecule has 2 heterocycles. The van der Waals surface area contributed by atoms with Gasteiger partial charge in [0.1, 0.15) is 0 Å². The van der Waals surface area contributed by atoms with Gasteiger partial charge in [-0.3, -0.25) is 9.89 Å². The van der Waals surface area contributed by atoms with Crippen molar-refractivity contribution in [2.45, 2.75) is 51.6 Å². The zero-order valence-corrected chi connectivity index (χ0v) is 14.9. The van der Waals surface area contributed by atoms with E-state index in [9.17, 15) is 9.90 Å². The molecule has 1 aromatic heterocycles. The van der Waals surface area contributed by atoms with Crippen molar-refractivity contribution in [2.75, 3.05) is 33.7 Å². The number of H-pyrrole nitrogens is 1. The van der Waals surface area contributed by atoms with Gasteiger partial charge in [0.25, 0.3) is 0 Å². The van der Waals surface area contributed by atoms with Gasteiger partial charge >= 0.3 is 0 Å². The normalized spacial score (nSPS) is 22.4. The van der Waals surface area contributed by atoms with E-state index in [0.29, 0.717) is 25.9 Å². The van der Waals surface area contributed by atoms with Gasteiger partial charge in [0.2, 0.25) is 5.91 Å². The minimum atomic E-state index is -0.670. The van der Waals surface area contributed by atoms with Crippen molar-refractivity contribution in [3.8, 4) is 0 Å². The lowest BCUT2D eigenvalue weighted by Gasteiger charge is -2.30. The predicted molar refractivity (Wildman–Crippen MR) is 90.3 cm³/mol. The Balaban J connectivity index is 1.88. The molecule has 0 aliphatic carbocycles. The second kappa shape index (κ2) is 7.45. The van der Waals surface area contributed by atoms with Crippen molar-refractivity contribution in [1.82, 2.24) is 20.0 Å². The average Bonchev–Trinajstić information content (AvgIpc) is 2.67. The third kappa shape index (κ3) is 4.78. The Hall–Kier alpha value is -1.40. The SMILES string of the molecule is Cc1n[nH]c(C)c1CCC(=O)N1CCCC(O)(CN(C)C)CC1. The van der Waals surface area contributed by atoms with Crippen LogP contribution >= 0.6 is 0 Å². The van der Waals surface area contributed by atoms with E-state index in [-0.39, 0.29) is 5.91 Å². The number of aryl methyl sites for hydroxylation is 2. The number of likely N-dealkylation sites (N-methyl/N-ethyl adjacent to an activating group) is 1. The summed E-state index contributed by atoms with van der Waals surface area (Å²) < 4.78 is 0. The Kier molecular flexibility index (Phi) is 5.81. The van der Waals surface area contributed by atoms with E-state index in [4.69, 9.17) is 0 Å². The van der Waals surface area contributed by atoms with E-state index in [1.165, 1.54) is 0 Å². The lowest BCUT2D eigenvalue weighted by atomic mass is 9.94. The lowest BCUT2D eigenvalue weighted by Crippen LogP contribution is -2.41. The van der Waals surface area contributed by atoms with Gasteiger partial charge in [-0.15, -0.1) is 0 Å². The molecule has 23 heavy (non-hydrogen) atoms. The molecule has 6 heteroatoms. The maximum atomic E-state index is 12.5. The number of rotatable bonds is 5. The van der Waals surface area contributed by atoms with Crippen LogP contribution in [0.15, 0.2) is 0 Å². The topological polar surface area (TPSA) is 72.5 Å². The van der Waals surface area contributed by atoms with Crippen molar-refractivity contribution in [2.24, 2.45) is 0 Å². The van der Waals surface area contributed by atoms with Crippen molar-refractivity contribution in [3.63, 3.8) is 0 Å². The molecule has 1 aliphatic heterocycles. The third-order valence-corrected chi connectivity index (χ3v) is 4.75. The van der Waals surface area contributed by atoms with Gasteiger partial charge in [0, 0.05) is 31.7 Å². The number of carbonyl (C=O) groups excluding carboxylic acids is 1. The van der Waals surface area contributed by atoms with E-state index < -0.39 is 5.60 Å². The number of hydrogen-bond acceptors (Lipinski definition) is 4. The van der Waals surface area contributed by atoms with Crippen molar-refractivity contribution in [3.05, 3.63) is 17.0 Å². The summed E-state index contributed by atoms with van der Waals surface area (Å²) in [4.78, 5) is 16.4. The van der Waals surface area contributed by atoms with Crippen LogP contribution in [0.1, 0.15) is 42.6 Å². The Bertz CT molecular complexity index is 521. The predicted octanol–water partition coefficient (Wildman–Crippen LogP) is 1.26. The van der Waals surface area contributed by atoms with Crippen LogP contribution in [0, 0.1) is 13.8 Å². The minimum absolute atomic E-state index is 0.180. The second-order valence-corrected chi connectivity index (χ2v) is 7.11. The number of aromatic amines is 1. The first-order valence-electron chi connectivity index (χ1n) is 8.46. The zero-order valence-electron chi connectivity index (χ0n) is 14.9. The number of hydrogen-bond donors (Lipinski definition) is 2. The molecular formula is C17H30N4O2. The number of carbonyl (C=O) groups is 1. The Morgan fingerprint density at radius 3 is 2.70 bits per heavy atom. The summed E-state index contributed by atoms with van der Waals surface area (Å²) in [6, 6.07) is 0. The molecule has 0 spiro atoms. The van der Waals surface area contributed by atoms with Crippen LogP contribution in [-0.4, -0.2) is 70.3 Å². The fourth-order valence-corrected chi connectivity index (χ4v) is 3.51. The quantitative estimate of drug-likeness (QED) is 0.856. The highest BCUT2D eigenvalue weighted by atomic mass is 16.3. The molecule has 1 saturated heterocycles. The van der Waals surface area contributed by atoms with Gasteiger partial charge in [-0.25, -0.2) is 0 Å². The highest BCUT2D eigenvalue weighted by Gasteiger charge is 2.31. The van der Waals surface area contributed by atoms with Crippen LogP contribution < -0.4 is 0 Å². The summed E-state index contributed by atoms with van der Waals surface area (Å²) >= 11 is 0. The highest BCUT2D eigenvalue weighted by molar-refractivity contribution is 5.76. The Morgan fingerprint density at radius 2 is 2.09 bits per heavy atom. The number of aliphatic hydroxyl groups is 1. The highest BCUT2D eigenvalue weighted by Crippen LogP contribution is 2.23. The first-order valence-corrected chi connectivity index (χ1v) is 8.46. The first kappa shape index (κ1) is 17.9. The van der Waals surface area contributed by atoms with Crippen molar-refractivity contribution < 1.29 is 9.90 Å². The molecule has 1 aromatic rings. The van der Waals surface area contributed by atoms with Crippen LogP contribution in [-0.2, 0) is 11.2 Å². The first-order chi connectivity index (χ1) is 10.8. The van der Waals surface area contributed by atoms with Gasteiger partial charge in [0.15, 0.2) is 0 Å². The van der Waals surface area contributed by atoms with Gasteiger partial charge in [-0.2, -0.15) is 5.10 Å². The molecule has 130 valence electrons. The molecule has 1 amide bonds. The summed E-state index contributed by atoms with van der Waals surface area (Å²) in [6.45, 7) is 6.01. The van der Waals surface area contributed by atoms with Gasteiger partial charge in [-0.1, -0.05) is 0 Å². The number of likely N-dealkylation sites (tertiary alicyclic amines) is 1. The Labute approximate surface area is 138 Å². The molecule has 0 aromatic carbocycles. The van der Waals surface area contributed by atoms with E-state index in [0.717, 1.165) is 42.8 Å². The molecule has 1 unspecified atom stereocenters. The third-order valence-electron chi connectivity index (χ3n) is 4.75. The largest absolute Gasteiger partial charge is 0.388 e. The molecule has 2 rings (SSSR count). The standard InChI is InChI=1S/C17H30N4O2/c1-13-15(14(2)19-18-13)6-7-16(22)21-10-5-8-17(23,9-11-21)12-20(3)4/h23H,5-12H2,1-4H3,(H,18,19). The Morgan fingerprint density at radius 1 is 1.35 bits per heavy atom. The molecule has 0 saturated carbocycles. The zero-order chi connectivity index (χ0) is 17.0. The molecule has 1 fully saturated rings. The number of amides is 1. The average molecular weight is 322 g/mol. The van der Waals surface area contributed by atoms with Gasteiger partial charge in [0.05, 0.1) is 11.3 Å². The van der Waals surface area contributed by atoms with Crippen LogP contribution in [0.2, 0.25) is 0 Å². The smallest absolute Gasteiger partial charge is 0.222 e. The van der Waals surface area contributed by atoms with Gasteiger partial charge in [-0.05, 0) is 59.2 Å². The maximum absolute atomic E-state index is 12.5. The summed E-state index contributed by atoms with van der Waals surface area (Å²) in [5.74, 6) is 0.180. The van der Waals surface area contributed by atoms with E-state index in [1.807, 2.05) is 37.7 Å². The van der Waals surface area contributed by atoms with Gasteiger partial charge < -0.3 is 14.9 Å². The fourth-order valence-electron chi connectivity index (χ4n) is 3.51. The molecule has 6 nitrogen and oxygen atoms in total. The molecule has 1 atom stereocenters. The molecule has 0 radical (unpaired) electrons. The monoisotopic (exact) mass is 322 g/mol. The summed E-state index contributed by atoms with van der Waals surface area (Å²) in [5.41, 5.74) is 2.51. The minimum Gasteiger partial charge on any atom is -0.388 e. The number of nitrogens with one attached hydrogen (secondary N) is 1. The second-order valence-electron chi connectivity index (χ2n) is 7.11. The number of aromatic nitrogens is 2. The summed E-state index contributed by atoms with van der Waals surface area (Å²) in [5, 5.41) is 17.8. The van der Waals surface area contributed by atoms with Crippen LogP contribution in [0.5, 0.6) is 0 Å². The van der Waals surface area contributed by atoms with Crippen LogP contribution in [0.25, 0.3) is 0 Å². The fraction of sp³-hybridized carbons (Fsp3) is 0.765. The van der Waals surface area contributed by atoms with E-state index in [1.54, 1.807) is 0 Å². The maximum Gasteiger partial charge on any atom is 0.222 e. The van der Waals surface area contributed by atoms with Crippen molar-refractivity contribution >= 4 is 5.91 Å². The van der Waals surface area contributed by atoms with Crippen LogP contribution in [0.3, 0.4) is 0 Å². The summed E-state index contributed by atoms with van der Waals surface area (Å²) in [6.07, 6.45) is 3.51. The van der Waals surface area contributed by atoms with E-state index in [2.05, 4.69) is 10.2 Å². The van der Waals surface area contributed by atoms with Crippen LogP contribution in [0.4, 0.5) is 0 Å². The molecular weight excluding hydrogens is 292 g/mol. The molecule has 0 bridgehead atoms. The van der Waals surface area contributed by atoms with Crippen molar-refractivity contribution in [1.29, 1.82) is 0 Å². The molecule has 2 N–H and O–H groups in total. The molecule has 1 aliphatic rings. The lowest BCUT2D eigenvalue weighted by molar-refractivity contribution is -0.131.